The molecule has 1 heterocycles. The molecular formula is C22H22N2O3. The van der Waals surface area contributed by atoms with Gasteiger partial charge in [0.2, 0.25) is 5.91 Å². The fraction of sp³-hybridized carbons (Fsp3) is 0.182. The molecule has 0 fully saturated rings. The van der Waals surface area contributed by atoms with Crippen molar-refractivity contribution >= 4 is 11.8 Å². The first-order chi connectivity index (χ1) is 13.2. The number of aryl methyl sites for hydroxylation is 2. The Morgan fingerprint density at radius 1 is 0.889 bits per heavy atom. The van der Waals surface area contributed by atoms with Crippen molar-refractivity contribution in [3.05, 3.63) is 83.6 Å². The predicted molar refractivity (Wildman–Crippen MR) is 104 cm³/mol. The standard InChI is InChI=1S/C22H22N2O3/c1-2-16-8-10-18(11-9-16)22(26)24-23-21(25)15-13-19-12-14-20(27-19)17-6-4-3-5-7-17/h3-12,14H,2,13,15H2,1H3,(H,23,25)(H,24,26). The summed E-state index contributed by atoms with van der Waals surface area (Å²) in [6, 6.07) is 20.8. The highest BCUT2D eigenvalue weighted by Gasteiger charge is 2.09. The molecular weight excluding hydrogens is 340 g/mol. The normalized spacial score (nSPS) is 10.4. The third-order valence-corrected chi connectivity index (χ3v) is 4.26. The molecule has 0 unspecified atom stereocenters. The number of furan rings is 1. The van der Waals surface area contributed by atoms with Gasteiger partial charge < -0.3 is 4.42 Å². The Balaban J connectivity index is 1.45. The van der Waals surface area contributed by atoms with Gasteiger partial charge >= 0.3 is 0 Å². The highest BCUT2D eigenvalue weighted by Crippen LogP contribution is 2.22. The molecule has 138 valence electrons. The number of rotatable bonds is 6. The van der Waals surface area contributed by atoms with Gasteiger partial charge in [-0.1, -0.05) is 49.4 Å². The van der Waals surface area contributed by atoms with Crippen LogP contribution in [0, 0.1) is 0 Å². The maximum atomic E-state index is 12.0. The van der Waals surface area contributed by atoms with Crippen LogP contribution in [0.2, 0.25) is 0 Å². The van der Waals surface area contributed by atoms with Crippen LogP contribution in [-0.2, 0) is 17.6 Å². The lowest BCUT2D eigenvalue weighted by Crippen LogP contribution is -2.41. The van der Waals surface area contributed by atoms with Gasteiger partial charge in [-0.15, -0.1) is 0 Å². The Kier molecular flexibility index (Phi) is 6.05. The molecule has 3 rings (SSSR count). The van der Waals surface area contributed by atoms with Crippen LogP contribution in [0.1, 0.15) is 35.0 Å². The number of hydrazine groups is 1. The highest BCUT2D eigenvalue weighted by atomic mass is 16.3. The third kappa shape index (κ3) is 5.07. The maximum Gasteiger partial charge on any atom is 0.269 e. The van der Waals surface area contributed by atoms with Crippen molar-refractivity contribution < 1.29 is 14.0 Å². The summed E-state index contributed by atoms with van der Waals surface area (Å²) in [4.78, 5) is 24.0. The van der Waals surface area contributed by atoms with Gasteiger partial charge in [0.1, 0.15) is 11.5 Å². The molecule has 0 radical (unpaired) electrons. The van der Waals surface area contributed by atoms with E-state index in [0.717, 1.165) is 29.1 Å². The second kappa shape index (κ2) is 8.85. The lowest BCUT2D eigenvalue weighted by atomic mass is 10.1. The molecule has 0 aliphatic carbocycles. The molecule has 2 aromatic carbocycles. The molecule has 27 heavy (non-hydrogen) atoms. The average molecular weight is 362 g/mol. The molecule has 3 aromatic rings. The van der Waals surface area contributed by atoms with Crippen LogP contribution >= 0.6 is 0 Å². The van der Waals surface area contributed by atoms with Crippen molar-refractivity contribution in [2.45, 2.75) is 26.2 Å². The fourth-order valence-corrected chi connectivity index (χ4v) is 2.66. The van der Waals surface area contributed by atoms with Crippen LogP contribution in [0.4, 0.5) is 0 Å². The van der Waals surface area contributed by atoms with E-state index in [4.69, 9.17) is 4.42 Å². The molecule has 0 aliphatic rings. The van der Waals surface area contributed by atoms with E-state index in [1.807, 2.05) is 54.6 Å². The molecule has 5 nitrogen and oxygen atoms in total. The summed E-state index contributed by atoms with van der Waals surface area (Å²) in [5.41, 5.74) is 7.53. The summed E-state index contributed by atoms with van der Waals surface area (Å²) in [5, 5.41) is 0. The number of carbonyl (C=O) groups is 2. The van der Waals surface area contributed by atoms with Crippen molar-refractivity contribution in [2.24, 2.45) is 0 Å². The highest BCUT2D eigenvalue weighted by molar-refractivity contribution is 5.95. The van der Waals surface area contributed by atoms with Crippen LogP contribution in [0.25, 0.3) is 11.3 Å². The van der Waals surface area contributed by atoms with E-state index in [0.29, 0.717) is 12.0 Å². The van der Waals surface area contributed by atoms with E-state index in [2.05, 4.69) is 17.8 Å². The Morgan fingerprint density at radius 3 is 2.33 bits per heavy atom. The van der Waals surface area contributed by atoms with Crippen LogP contribution in [0.5, 0.6) is 0 Å². The van der Waals surface area contributed by atoms with E-state index < -0.39 is 0 Å². The first-order valence-electron chi connectivity index (χ1n) is 8.98. The zero-order valence-electron chi connectivity index (χ0n) is 15.2. The molecule has 0 bridgehead atoms. The zero-order chi connectivity index (χ0) is 19.1. The van der Waals surface area contributed by atoms with Crippen molar-refractivity contribution in [3.63, 3.8) is 0 Å². The molecule has 5 heteroatoms. The summed E-state index contributed by atoms with van der Waals surface area (Å²) < 4.78 is 5.77. The van der Waals surface area contributed by atoms with E-state index in [-0.39, 0.29) is 18.2 Å². The van der Waals surface area contributed by atoms with Gasteiger partial charge in [0.05, 0.1) is 0 Å². The number of nitrogens with one attached hydrogen (secondary N) is 2. The Hall–Kier alpha value is -3.34. The topological polar surface area (TPSA) is 71.3 Å². The smallest absolute Gasteiger partial charge is 0.269 e. The average Bonchev–Trinajstić information content (AvgIpc) is 3.20. The number of hydrogen-bond donors (Lipinski definition) is 2. The van der Waals surface area contributed by atoms with Crippen molar-refractivity contribution in [1.82, 2.24) is 10.9 Å². The van der Waals surface area contributed by atoms with Crippen LogP contribution in [0.15, 0.2) is 71.1 Å². The van der Waals surface area contributed by atoms with Gasteiger partial charge in [0.25, 0.3) is 5.91 Å². The first kappa shape index (κ1) is 18.5. The minimum absolute atomic E-state index is 0.219. The van der Waals surface area contributed by atoms with Gasteiger partial charge in [-0.25, -0.2) is 0 Å². The van der Waals surface area contributed by atoms with Crippen LogP contribution < -0.4 is 10.9 Å². The van der Waals surface area contributed by atoms with E-state index in [9.17, 15) is 9.59 Å². The second-order valence-corrected chi connectivity index (χ2v) is 6.18. The predicted octanol–water partition coefficient (Wildman–Crippen LogP) is 3.90. The number of amides is 2. The van der Waals surface area contributed by atoms with Crippen molar-refractivity contribution in [2.75, 3.05) is 0 Å². The number of carbonyl (C=O) groups excluding carboxylic acids is 2. The monoisotopic (exact) mass is 362 g/mol. The van der Waals surface area contributed by atoms with E-state index in [1.54, 1.807) is 12.1 Å². The molecule has 0 spiro atoms. The molecule has 1 aromatic heterocycles. The fourth-order valence-electron chi connectivity index (χ4n) is 2.66. The van der Waals surface area contributed by atoms with E-state index >= 15 is 0 Å². The minimum Gasteiger partial charge on any atom is -0.461 e. The summed E-state index contributed by atoms with van der Waals surface area (Å²) in [5.74, 6) is 0.891. The summed E-state index contributed by atoms with van der Waals surface area (Å²) in [6.45, 7) is 2.05. The number of benzene rings is 2. The van der Waals surface area contributed by atoms with Gasteiger partial charge in [0, 0.05) is 24.0 Å². The quantitative estimate of drug-likeness (QED) is 0.653. The lowest BCUT2D eigenvalue weighted by Gasteiger charge is -2.07. The lowest BCUT2D eigenvalue weighted by molar-refractivity contribution is -0.121. The van der Waals surface area contributed by atoms with Crippen molar-refractivity contribution in [3.8, 4) is 11.3 Å². The Labute approximate surface area is 158 Å². The molecule has 2 N–H and O–H groups in total. The first-order valence-corrected chi connectivity index (χ1v) is 8.98. The molecule has 0 saturated carbocycles. The largest absolute Gasteiger partial charge is 0.461 e. The van der Waals surface area contributed by atoms with E-state index in [1.165, 1.54) is 0 Å². The molecule has 0 saturated heterocycles. The second-order valence-electron chi connectivity index (χ2n) is 6.18. The van der Waals surface area contributed by atoms with Gasteiger partial charge in [-0.2, -0.15) is 0 Å². The SMILES string of the molecule is CCc1ccc(C(=O)NNC(=O)CCc2ccc(-c3ccccc3)o2)cc1. The molecule has 0 aliphatic heterocycles. The minimum atomic E-state index is -0.338. The maximum absolute atomic E-state index is 12.0. The van der Waals surface area contributed by atoms with Gasteiger partial charge in [-0.3, -0.25) is 20.4 Å². The van der Waals surface area contributed by atoms with Crippen LogP contribution in [0.3, 0.4) is 0 Å². The number of hydrogen-bond acceptors (Lipinski definition) is 3. The summed E-state index contributed by atoms with van der Waals surface area (Å²) in [6.07, 6.45) is 1.59. The van der Waals surface area contributed by atoms with Gasteiger partial charge in [-0.05, 0) is 36.2 Å². The Morgan fingerprint density at radius 2 is 1.63 bits per heavy atom. The molecule has 2 amide bonds. The summed E-state index contributed by atoms with van der Waals surface area (Å²) in [7, 11) is 0. The van der Waals surface area contributed by atoms with Crippen molar-refractivity contribution in [1.29, 1.82) is 0 Å². The van der Waals surface area contributed by atoms with Gasteiger partial charge in [0.15, 0.2) is 0 Å². The zero-order valence-corrected chi connectivity index (χ0v) is 15.2. The molecule has 0 atom stereocenters. The third-order valence-electron chi connectivity index (χ3n) is 4.26. The van der Waals surface area contributed by atoms with Crippen LogP contribution in [-0.4, -0.2) is 11.8 Å². The summed E-state index contributed by atoms with van der Waals surface area (Å²) >= 11 is 0. The Bertz CT molecular complexity index is 899.